The fraction of sp³-hybridized carbons (Fsp3) is 0.600. The van der Waals surface area contributed by atoms with Crippen molar-refractivity contribution in [3.05, 3.63) is 29.8 Å². The number of nitrogens with one attached hydrogen (secondary N) is 1. The molecule has 1 aromatic rings. The standard InChI is InChI=1S/C15H22F2N2OS/c1-12(18-6-7-19-8-10-21-11-9-19)13-4-2-3-5-14(13)20-15(16)17/h2-5,12,15,18H,6-11H2,1H3. The van der Waals surface area contributed by atoms with Gasteiger partial charge in [-0.05, 0) is 13.0 Å². The Kier molecular flexibility index (Phi) is 6.73. The largest absolute Gasteiger partial charge is 0.434 e. The van der Waals surface area contributed by atoms with Gasteiger partial charge in [-0.2, -0.15) is 20.5 Å². The van der Waals surface area contributed by atoms with Crippen LogP contribution in [0.25, 0.3) is 0 Å². The van der Waals surface area contributed by atoms with Crippen molar-refractivity contribution in [1.82, 2.24) is 10.2 Å². The summed E-state index contributed by atoms with van der Waals surface area (Å²) in [6, 6.07) is 6.95. The molecule has 6 heteroatoms. The molecule has 0 aliphatic carbocycles. The summed E-state index contributed by atoms with van der Waals surface area (Å²) in [7, 11) is 0. The zero-order valence-electron chi connectivity index (χ0n) is 12.2. The summed E-state index contributed by atoms with van der Waals surface area (Å²) in [5, 5.41) is 3.39. The fourth-order valence-electron chi connectivity index (χ4n) is 2.42. The molecule has 1 aromatic carbocycles. The average molecular weight is 316 g/mol. The number of hydrogen-bond acceptors (Lipinski definition) is 4. The van der Waals surface area contributed by atoms with Gasteiger partial charge in [0.2, 0.25) is 0 Å². The SMILES string of the molecule is CC(NCCN1CCSCC1)c1ccccc1OC(F)F. The van der Waals surface area contributed by atoms with Gasteiger partial charge in [0.05, 0.1) is 0 Å². The second kappa shape index (κ2) is 8.56. The Hall–Kier alpha value is -0.850. The molecule has 1 saturated heterocycles. The Morgan fingerprint density at radius 2 is 2.00 bits per heavy atom. The minimum atomic E-state index is -2.79. The summed E-state index contributed by atoms with van der Waals surface area (Å²) in [5.74, 6) is 2.64. The van der Waals surface area contributed by atoms with Crippen molar-refractivity contribution in [3.63, 3.8) is 0 Å². The number of hydrogen-bond donors (Lipinski definition) is 1. The van der Waals surface area contributed by atoms with E-state index in [9.17, 15) is 8.78 Å². The van der Waals surface area contributed by atoms with Crippen LogP contribution in [-0.4, -0.2) is 49.2 Å². The number of rotatable bonds is 7. The molecule has 0 saturated carbocycles. The molecule has 1 aliphatic rings. The molecule has 21 heavy (non-hydrogen) atoms. The summed E-state index contributed by atoms with van der Waals surface area (Å²) >= 11 is 1.99. The average Bonchev–Trinajstić information content (AvgIpc) is 2.48. The zero-order chi connectivity index (χ0) is 15.1. The first-order valence-electron chi connectivity index (χ1n) is 7.24. The van der Waals surface area contributed by atoms with Crippen molar-refractivity contribution in [2.24, 2.45) is 0 Å². The number of alkyl halides is 2. The van der Waals surface area contributed by atoms with E-state index in [2.05, 4.69) is 15.0 Å². The van der Waals surface area contributed by atoms with E-state index in [4.69, 9.17) is 0 Å². The number of nitrogens with zero attached hydrogens (tertiary/aromatic N) is 1. The highest BCUT2D eigenvalue weighted by molar-refractivity contribution is 7.99. The van der Waals surface area contributed by atoms with Crippen molar-refractivity contribution in [2.45, 2.75) is 19.6 Å². The van der Waals surface area contributed by atoms with E-state index < -0.39 is 6.61 Å². The topological polar surface area (TPSA) is 24.5 Å². The maximum absolute atomic E-state index is 12.4. The molecule has 1 fully saturated rings. The van der Waals surface area contributed by atoms with E-state index in [1.54, 1.807) is 12.1 Å². The first-order chi connectivity index (χ1) is 10.2. The predicted molar refractivity (Wildman–Crippen MR) is 83.3 cm³/mol. The molecule has 1 aliphatic heterocycles. The van der Waals surface area contributed by atoms with E-state index in [1.165, 1.54) is 11.5 Å². The Morgan fingerprint density at radius 3 is 2.71 bits per heavy atom. The molecule has 0 radical (unpaired) electrons. The smallest absolute Gasteiger partial charge is 0.387 e. The number of para-hydroxylation sites is 1. The molecular formula is C15H22F2N2OS. The van der Waals surface area contributed by atoms with E-state index in [0.717, 1.165) is 31.7 Å². The van der Waals surface area contributed by atoms with Crippen molar-refractivity contribution in [1.29, 1.82) is 0 Å². The van der Waals surface area contributed by atoms with E-state index in [1.807, 2.05) is 30.8 Å². The van der Waals surface area contributed by atoms with Gasteiger partial charge in [0.25, 0.3) is 0 Å². The van der Waals surface area contributed by atoms with E-state index in [0.29, 0.717) is 0 Å². The normalized spacial score (nSPS) is 17.9. The van der Waals surface area contributed by atoms with Gasteiger partial charge in [0.15, 0.2) is 0 Å². The van der Waals surface area contributed by atoms with Gasteiger partial charge in [0, 0.05) is 49.3 Å². The highest BCUT2D eigenvalue weighted by Gasteiger charge is 2.15. The van der Waals surface area contributed by atoms with Crippen molar-refractivity contribution in [2.75, 3.05) is 37.7 Å². The van der Waals surface area contributed by atoms with E-state index in [-0.39, 0.29) is 11.8 Å². The molecule has 1 atom stereocenters. The third-order valence-corrected chi connectivity index (χ3v) is 4.53. The summed E-state index contributed by atoms with van der Waals surface area (Å²) in [5.41, 5.74) is 0.770. The maximum atomic E-state index is 12.4. The monoisotopic (exact) mass is 316 g/mol. The van der Waals surface area contributed by atoms with Crippen LogP contribution in [0.2, 0.25) is 0 Å². The second-order valence-electron chi connectivity index (χ2n) is 5.05. The molecule has 2 rings (SSSR count). The molecule has 0 amide bonds. The number of thioether (sulfide) groups is 1. The second-order valence-corrected chi connectivity index (χ2v) is 6.27. The van der Waals surface area contributed by atoms with Crippen LogP contribution in [0.1, 0.15) is 18.5 Å². The third kappa shape index (κ3) is 5.45. The Morgan fingerprint density at radius 1 is 1.29 bits per heavy atom. The van der Waals surface area contributed by atoms with Gasteiger partial charge < -0.3 is 15.0 Å². The van der Waals surface area contributed by atoms with Crippen molar-refractivity contribution in [3.8, 4) is 5.75 Å². The fourth-order valence-corrected chi connectivity index (χ4v) is 3.39. The molecule has 1 unspecified atom stereocenters. The van der Waals surface area contributed by atoms with Crippen LogP contribution in [0.15, 0.2) is 24.3 Å². The first-order valence-corrected chi connectivity index (χ1v) is 8.39. The van der Waals surface area contributed by atoms with Crippen LogP contribution < -0.4 is 10.1 Å². The minimum absolute atomic E-state index is 0.0147. The summed E-state index contributed by atoms with van der Waals surface area (Å²) in [6.07, 6.45) is 0. The predicted octanol–water partition coefficient (Wildman–Crippen LogP) is 2.99. The molecule has 1 heterocycles. The van der Waals surface area contributed by atoms with Crippen LogP contribution in [0, 0.1) is 0 Å². The quantitative estimate of drug-likeness (QED) is 0.836. The highest BCUT2D eigenvalue weighted by atomic mass is 32.2. The van der Waals surface area contributed by atoms with Gasteiger partial charge in [-0.3, -0.25) is 0 Å². The maximum Gasteiger partial charge on any atom is 0.387 e. The number of halogens is 2. The van der Waals surface area contributed by atoms with Crippen LogP contribution in [0.4, 0.5) is 8.78 Å². The molecule has 0 spiro atoms. The lowest BCUT2D eigenvalue weighted by Gasteiger charge is -2.27. The Balaban J connectivity index is 1.83. The lowest BCUT2D eigenvalue weighted by atomic mass is 10.1. The van der Waals surface area contributed by atoms with Gasteiger partial charge >= 0.3 is 6.61 Å². The van der Waals surface area contributed by atoms with Crippen molar-refractivity contribution < 1.29 is 13.5 Å². The summed E-state index contributed by atoms with van der Waals surface area (Å²) in [6.45, 7) is 3.28. The zero-order valence-corrected chi connectivity index (χ0v) is 13.0. The summed E-state index contributed by atoms with van der Waals surface area (Å²) in [4.78, 5) is 2.43. The van der Waals surface area contributed by atoms with Gasteiger partial charge in [-0.25, -0.2) is 0 Å². The molecule has 0 aromatic heterocycles. The lowest BCUT2D eigenvalue weighted by Crippen LogP contribution is -2.38. The molecular weight excluding hydrogens is 294 g/mol. The highest BCUT2D eigenvalue weighted by Crippen LogP contribution is 2.26. The van der Waals surface area contributed by atoms with Crippen LogP contribution in [-0.2, 0) is 0 Å². The molecule has 1 N–H and O–H groups in total. The Labute approximate surface area is 129 Å². The lowest BCUT2D eigenvalue weighted by molar-refractivity contribution is -0.0506. The van der Waals surface area contributed by atoms with Crippen LogP contribution in [0.3, 0.4) is 0 Å². The van der Waals surface area contributed by atoms with Crippen LogP contribution >= 0.6 is 11.8 Å². The number of ether oxygens (including phenoxy) is 1. The van der Waals surface area contributed by atoms with Gasteiger partial charge in [0.1, 0.15) is 5.75 Å². The first kappa shape index (κ1) is 16.5. The van der Waals surface area contributed by atoms with Gasteiger partial charge in [-0.15, -0.1) is 0 Å². The van der Waals surface area contributed by atoms with E-state index >= 15 is 0 Å². The summed E-state index contributed by atoms with van der Waals surface area (Å²) < 4.78 is 29.4. The number of benzene rings is 1. The van der Waals surface area contributed by atoms with Gasteiger partial charge in [-0.1, -0.05) is 18.2 Å². The molecule has 3 nitrogen and oxygen atoms in total. The van der Waals surface area contributed by atoms with Crippen LogP contribution in [0.5, 0.6) is 5.75 Å². The Bertz CT molecular complexity index is 428. The minimum Gasteiger partial charge on any atom is -0.434 e. The van der Waals surface area contributed by atoms with Crippen molar-refractivity contribution >= 4 is 11.8 Å². The molecule has 118 valence electrons. The molecule has 0 bridgehead atoms. The third-order valence-electron chi connectivity index (χ3n) is 3.58.